The van der Waals surface area contributed by atoms with Crippen LogP contribution < -0.4 is 22.8 Å². The van der Waals surface area contributed by atoms with E-state index >= 15 is 0 Å². The molecule has 0 aliphatic heterocycles. The zero-order valence-corrected chi connectivity index (χ0v) is 74.4. The molecule has 8 nitrogen and oxygen atoms in total. The van der Waals surface area contributed by atoms with Crippen molar-refractivity contribution in [2.45, 2.75) is 158 Å². The predicted octanol–water partition coefficient (Wildman–Crippen LogP) is 24.7. The second-order valence-corrected chi connectivity index (χ2v) is 36.4. The maximum Gasteiger partial charge on any atom is 0.222 e. The normalized spacial score (nSPS) is 11.6. The molecular weight excluding hydrogens is 1420 g/mol. The third-order valence-electron chi connectivity index (χ3n) is 23.0. The van der Waals surface area contributed by atoms with Gasteiger partial charge in [-0.05, 0) is 221 Å². The molecule has 8 heteroatoms. The molecule has 8 aromatic carbocycles. The molecule has 0 N–H and O–H groups in total. The fraction of sp³-hybridized carbons (Fsp3) is 0.284. The van der Waals surface area contributed by atoms with E-state index < -0.39 is 0 Å². The van der Waals surface area contributed by atoms with Gasteiger partial charge in [0.15, 0.2) is 28.5 Å². The van der Waals surface area contributed by atoms with Crippen molar-refractivity contribution in [3.8, 4) is 67.4 Å². The number of pyridine rings is 8. The van der Waals surface area contributed by atoms with Gasteiger partial charge in [0, 0.05) is 119 Å². The molecule has 0 aliphatic carbocycles. The molecule has 0 fully saturated rings. The number of aryl methyl sites for hydroxylation is 11. The van der Waals surface area contributed by atoms with Gasteiger partial charge < -0.3 is 0 Å². The van der Waals surface area contributed by atoms with Crippen molar-refractivity contribution in [2.75, 3.05) is 0 Å². The molecule has 117 heavy (non-hydrogen) atoms. The quantitative estimate of drug-likeness (QED) is 0.135. The molecular formula is C109H123N8+5. The first-order valence-electron chi connectivity index (χ1n) is 41.5. The summed E-state index contributed by atoms with van der Waals surface area (Å²) in [5.74, 6) is 0. The predicted molar refractivity (Wildman–Crippen MR) is 493 cm³/mol. The fourth-order valence-corrected chi connectivity index (χ4v) is 16.6. The van der Waals surface area contributed by atoms with E-state index in [0.29, 0.717) is 10.8 Å². The van der Waals surface area contributed by atoms with Crippen LogP contribution in [-0.4, -0.2) is 15.0 Å². The Hall–Kier alpha value is -11.7. The lowest BCUT2D eigenvalue weighted by Gasteiger charge is -2.19. The molecule has 594 valence electrons. The van der Waals surface area contributed by atoms with Crippen LogP contribution in [0.4, 0.5) is 0 Å². The van der Waals surface area contributed by atoms with Crippen molar-refractivity contribution in [3.05, 3.63) is 334 Å². The summed E-state index contributed by atoms with van der Waals surface area (Å²) in [6.45, 7) is 44.5. The lowest BCUT2D eigenvalue weighted by molar-refractivity contribution is -0.665. The van der Waals surface area contributed by atoms with E-state index in [1.165, 1.54) is 194 Å². The minimum absolute atomic E-state index is 0.277. The van der Waals surface area contributed by atoms with Crippen molar-refractivity contribution >= 4 is 53.9 Å². The summed E-state index contributed by atoms with van der Waals surface area (Å²) in [6, 6.07) is 79.7. The smallest absolute Gasteiger partial charge is 0.222 e. The minimum atomic E-state index is 0.277. The summed E-state index contributed by atoms with van der Waals surface area (Å²) in [5, 5.41) is 13.1. The number of nitrogens with zero attached hydrogens (tertiary/aromatic N) is 8. The number of benzene rings is 8. The fourth-order valence-electron chi connectivity index (χ4n) is 16.6. The Morgan fingerprint density at radius 1 is 0.239 bits per heavy atom. The van der Waals surface area contributed by atoms with E-state index in [9.17, 15) is 0 Å². The third-order valence-corrected chi connectivity index (χ3v) is 23.0. The maximum atomic E-state index is 4.35. The first-order chi connectivity index (χ1) is 55.5. The maximum absolute atomic E-state index is 4.35. The minimum Gasteiger partial charge on any atom is -0.264 e. The summed E-state index contributed by atoms with van der Waals surface area (Å²) in [5.41, 5.74) is 34.2. The van der Waals surface area contributed by atoms with Crippen LogP contribution in [0.2, 0.25) is 0 Å². The first kappa shape index (κ1) is 84.7. The van der Waals surface area contributed by atoms with Crippen molar-refractivity contribution < 1.29 is 22.8 Å². The summed E-state index contributed by atoms with van der Waals surface area (Å²) in [4.78, 5) is 12.9. The van der Waals surface area contributed by atoms with Crippen LogP contribution in [0.15, 0.2) is 256 Å². The van der Waals surface area contributed by atoms with Crippen LogP contribution >= 0.6 is 0 Å². The Kier molecular flexibility index (Phi) is 25.6. The summed E-state index contributed by atoms with van der Waals surface area (Å²) < 4.78 is 11.5. The van der Waals surface area contributed by atoms with Crippen molar-refractivity contribution in [3.63, 3.8) is 0 Å². The van der Waals surface area contributed by atoms with Gasteiger partial charge in [-0.3, -0.25) is 15.0 Å². The Bertz CT molecular complexity index is 6210. The van der Waals surface area contributed by atoms with Crippen LogP contribution in [0.3, 0.4) is 0 Å². The van der Waals surface area contributed by atoms with Crippen LogP contribution in [0.1, 0.15) is 141 Å². The summed E-state index contributed by atoms with van der Waals surface area (Å²) in [7, 11) is 10.7. The Morgan fingerprint density at radius 2 is 0.590 bits per heavy atom. The number of fused-ring (bicyclic) bond motifs is 5. The highest BCUT2D eigenvalue weighted by atomic mass is 15.0. The van der Waals surface area contributed by atoms with Crippen molar-refractivity contribution in [1.82, 2.24) is 15.0 Å². The van der Waals surface area contributed by atoms with E-state index in [2.05, 4.69) is 424 Å². The molecule has 0 aliphatic rings. The Morgan fingerprint density at radius 3 is 1.02 bits per heavy atom. The SMILES string of the molecule is Cc1ccc(-c2cccnc2)cc1-c1c2ccc(CC(C)(C)C)cc2cc(C)[n+]1C.Cc1ccc(C)c(-c2c3ccccc3cc(C)[n+]2C)c1.Cc1ccccc1-c1c2ccccc2cc(C)[n+]1C.Cc1ccncc1-c1c2ccc(CC(C)(C)C)cc2cc(C)[n+]1C.Cc1cnccc1-c1c2ccc(CC(C)(C)C)cc2cc(C)[n+]1C. The number of hydrogen-bond donors (Lipinski definition) is 0. The number of hydrogen-bond acceptors (Lipinski definition) is 3. The molecule has 0 saturated heterocycles. The van der Waals surface area contributed by atoms with Crippen molar-refractivity contribution in [2.24, 2.45) is 51.5 Å². The van der Waals surface area contributed by atoms with E-state index in [1.807, 2.05) is 43.2 Å². The molecule has 0 atom stereocenters. The van der Waals surface area contributed by atoms with Gasteiger partial charge in [0.05, 0.1) is 43.6 Å². The van der Waals surface area contributed by atoms with E-state index in [-0.39, 0.29) is 5.41 Å². The largest absolute Gasteiger partial charge is 0.264 e. The van der Waals surface area contributed by atoms with Gasteiger partial charge in [0.25, 0.3) is 0 Å². The second kappa shape index (κ2) is 35.4. The monoisotopic (exact) mass is 1540 g/mol. The second-order valence-electron chi connectivity index (χ2n) is 36.4. The topological polar surface area (TPSA) is 58.1 Å². The standard InChI is InChI=1S/C28H31N2.2C22H27N2.C19H20N.C18H18N/c1-19-9-11-22(23-8-7-13-29-18-23)16-26(19)27-25-12-10-21(17-28(3,4)5)15-24(25)14-20(2)30(27)6;1-15-14-23-10-9-19(15)21-20-8-7-17(13-22(3,4)5)12-18(20)11-16(2)24(21)6;1-15-9-10-23-14-20(15)21-19-8-7-17(13-22(3,4)5)12-18(19)11-16(2)24(21)6;1-13-9-10-14(2)18(11-13)19-17-8-6-5-7-16(17)12-15(3)20(19)4;1-13-8-4-6-10-16(13)18-17-11-7-5-9-15(17)12-14(2)19(18)3/h7-16,18H,17H2,1-6H3;2*7-12,14H,13H2,1-6H3;5-12H,1-4H3;4-12H,1-3H3/q5*+1. The highest BCUT2D eigenvalue weighted by Gasteiger charge is 2.27. The average molecular weight is 1550 g/mol. The van der Waals surface area contributed by atoms with Gasteiger partial charge in [0.1, 0.15) is 35.2 Å². The number of aromatic nitrogens is 8. The van der Waals surface area contributed by atoms with Gasteiger partial charge in [-0.15, -0.1) is 0 Å². The summed E-state index contributed by atoms with van der Waals surface area (Å²) in [6.07, 6.45) is 14.7. The van der Waals surface area contributed by atoms with Crippen LogP contribution in [0.5, 0.6) is 0 Å². The highest BCUT2D eigenvalue weighted by molar-refractivity contribution is 5.98. The van der Waals surface area contributed by atoms with Crippen LogP contribution in [0, 0.1) is 92.4 Å². The van der Waals surface area contributed by atoms with Gasteiger partial charge >= 0.3 is 0 Å². The molecule has 16 aromatic rings. The van der Waals surface area contributed by atoms with E-state index in [1.54, 1.807) is 0 Å². The van der Waals surface area contributed by atoms with E-state index in [4.69, 9.17) is 0 Å². The van der Waals surface area contributed by atoms with Crippen LogP contribution in [0.25, 0.3) is 121 Å². The van der Waals surface area contributed by atoms with Crippen molar-refractivity contribution in [1.29, 1.82) is 0 Å². The Labute approximate surface area is 698 Å². The zero-order chi connectivity index (χ0) is 84.1. The molecule has 8 aromatic heterocycles. The molecule has 0 amide bonds. The molecule has 0 radical (unpaired) electrons. The number of rotatable bonds is 9. The Balaban J connectivity index is 0.000000136. The van der Waals surface area contributed by atoms with Crippen LogP contribution in [-0.2, 0) is 54.5 Å². The molecule has 0 unspecified atom stereocenters. The molecule has 0 saturated carbocycles. The summed E-state index contributed by atoms with van der Waals surface area (Å²) >= 11 is 0. The lowest BCUT2D eigenvalue weighted by Crippen LogP contribution is -2.35. The molecule has 0 spiro atoms. The molecule has 8 heterocycles. The van der Waals surface area contributed by atoms with E-state index in [0.717, 1.165) is 24.8 Å². The van der Waals surface area contributed by atoms with Gasteiger partial charge in [0.2, 0.25) is 28.5 Å². The lowest BCUT2D eigenvalue weighted by atomic mass is 9.87. The van der Waals surface area contributed by atoms with Gasteiger partial charge in [-0.2, -0.15) is 22.8 Å². The first-order valence-corrected chi connectivity index (χ1v) is 41.5. The molecule has 0 bridgehead atoms. The average Bonchev–Trinajstić information content (AvgIpc) is 0.778. The van der Waals surface area contributed by atoms with Gasteiger partial charge in [-0.25, -0.2) is 0 Å². The third kappa shape index (κ3) is 19.7. The van der Waals surface area contributed by atoms with Gasteiger partial charge in [-0.1, -0.05) is 189 Å². The zero-order valence-electron chi connectivity index (χ0n) is 74.4. The molecule has 16 rings (SSSR count). The highest BCUT2D eigenvalue weighted by Crippen LogP contribution is 2.38.